The van der Waals surface area contributed by atoms with Gasteiger partial charge in [-0.3, -0.25) is 4.57 Å². The molecule has 0 N–H and O–H groups in total. The van der Waals surface area contributed by atoms with Crippen molar-refractivity contribution in [2.45, 2.75) is 13.8 Å². The average Bonchev–Trinajstić information content (AvgIpc) is 2.81. The van der Waals surface area contributed by atoms with Crippen molar-refractivity contribution in [1.29, 1.82) is 0 Å². The Hall–Kier alpha value is -2.68. The van der Waals surface area contributed by atoms with E-state index in [0.717, 1.165) is 28.4 Å². The molecule has 0 radical (unpaired) electrons. The van der Waals surface area contributed by atoms with Gasteiger partial charge >= 0.3 is 0 Å². The number of fused-ring (bicyclic) bond motifs is 3. The molecule has 2 aromatic heterocycles. The number of benzene rings is 2. The summed E-state index contributed by atoms with van der Waals surface area (Å²) in [6.07, 6.45) is 0. The van der Waals surface area contributed by atoms with Gasteiger partial charge < -0.3 is 0 Å². The first-order chi connectivity index (χ1) is 10.2. The zero-order valence-electron chi connectivity index (χ0n) is 12.0. The second kappa shape index (κ2) is 4.42. The summed E-state index contributed by atoms with van der Waals surface area (Å²) in [7, 11) is 0. The first-order valence-electron chi connectivity index (χ1n) is 7.05. The predicted molar refractivity (Wildman–Crippen MR) is 85.8 cm³/mol. The highest BCUT2D eigenvalue weighted by molar-refractivity contribution is 6.08. The van der Waals surface area contributed by atoms with E-state index in [9.17, 15) is 0 Å². The summed E-state index contributed by atoms with van der Waals surface area (Å²) < 4.78 is 2.14. The first-order valence-corrected chi connectivity index (χ1v) is 7.05. The molecule has 0 aliphatic heterocycles. The highest BCUT2D eigenvalue weighted by Gasteiger charge is 2.13. The van der Waals surface area contributed by atoms with Gasteiger partial charge in [-0.15, -0.1) is 0 Å². The Balaban J connectivity index is 2.20. The van der Waals surface area contributed by atoms with Crippen LogP contribution < -0.4 is 0 Å². The van der Waals surface area contributed by atoms with Crippen LogP contribution in [-0.4, -0.2) is 14.5 Å². The summed E-state index contributed by atoms with van der Waals surface area (Å²) in [6, 6.07) is 18.8. The largest absolute Gasteiger partial charge is 0.278 e. The minimum absolute atomic E-state index is 0.741. The van der Waals surface area contributed by atoms with E-state index >= 15 is 0 Å². The molecule has 3 heteroatoms. The molecule has 0 saturated carbocycles. The number of rotatable bonds is 1. The van der Waals surface area contributed by atoms with Crippen molar-refractivity contribution >= 4 is 21.8 Å². The monoisotopic (exact) mass is 273 g/mol. The van der Waals surface area contributed by atoms with Crippen molar-refractivity contribution in [3.05, 3.63) is 66.0 Å². The molecule has 21 heavy (non-hydrogen) atoms. The van der Waals surface area contributed by atoms with Crippen molar-refractivity contribution in [3.63, 3.8) is 0 Å². The Morgan fingerprint density at radius 1 is 0.714 bits per heavy atom. The smallest absolute Gasteiger partial charge is 0.235 e. The van der Waals surface area contributed by atoms with Gasteiger partial charge in [-0.25, -0.2) is 9.97 Å². The number of aryl methyl sites for hydroxylation is 2. The van der Waals surface area contributed by atoms with Crippen LogP contribution in [0.1, 0.15) is 11.4 Å². The fourth-order valence-corrected chi connectivity index (χ4v) is 2.95. The van der Waals surface area contributed by atoms with Gasteiger partial charge in [-0.1, -0.05) is 36.4 Å². The topological polar surface area (TPSA) is 30.7 Å². The fraction of sp³-hybridized carbons (Fsp3) is 0.111. The summed E-state index contributed by atoms with van der Waals surface area (Å²) in [6.45, 7) is 4.01. The fourth-order valence-electron chi connectivity index (χ4n) is 2.95. The van der Waals surface area contributed by atoms with Crippen LogP contribution in [0.4, 0.5) is 0 Å². The van der Waals surface area contributed by atoms with Crippen molar-refractivity contribution in [2.24, 2.45) is 0 Å². The van der Waals surface area contributed by atoms with Crippen LogP contribution >= 0.6 is 0 Å². The molecule has 0 aliphatic rings. The molecule has 0 unspecified atom stereocenters. The van der Waals surface area contributed by atoms with Crippen molar-refractivity contribution < 1.29 is 0 Å². The standard InChI is InChI=1S/C18H15N3/c1-12-11-13(2)20-18(19-12)21-16-9-5-3-7-14(16)15-8-4-6-10-17(15)21/h3-11H,1-2H3. The van der Waals surface area contributed by atoms with Gasteiger partial charge in [0, 0.05) is 22.2 Å². The van der Waals surface area contributed by atoms with Crippen LogP contribution in [0.15, 0.2) is 54.6 Å². The normalized spacial score (nSPS) is 11.3. The van der Waals surface area contributed by atoms with Crippen LogP contribution in [-0.2, 0) is 0 Å². The maximum Gasteiger partial charge on any atom is 0.235 e. The molecular weight excluding hydrogens is 258 g/mol. The Kier molecular flexibility index (Phi) is 2.54. The van der Waals surface area contributed by atoms with Crippen LogP contribution in [0.5, 0.6) is 0 Å². The molecule has 0 amide bonds. The SMILES string of the molecule is Cc1cc(C)nc(-n2c3ccccc3c3ccccc32)n1. The van der Waals surface area contributed by atoms with E-state index in [1.54, 1.807) is 0 Å². The van der Waals surface area contributed by atoms with E-state index in [1.165, 1.54) is 10.8 Å². The molecular formula is C18H15N3. The van der Waals surface area contributed by atoms with Gasteiger partial charge in [0.2, 0.25) is 5.95 Å². The van der Waals surface area contributed by atoms with Crippen LogP contribution in [0.3, 0.4) is 0 Å². The lowest BCUT2D eigenvalue weighted by molar-refractivity contribution is 0.940. The third-order valence-corrected chi connectivity index (χ3v) is 3.75. The summed E-state index contributed by atoms with van der Waals surface area (Å²) in [5, 5.41) is 2.46. The Morgan fingerprint density at radius 3 is 1.71 bits per heavy atom. The lowest BCUT2D eigenvalue weighted by Crippen LogP contribution is -2.03. The van der Waals surface area contributed by atoms with Gasteiger partial charge in [-0.05, 0) is 32.0 Å². The van der Waals surface area contributed by atoms with Crippen LogP contribution in [0.25, 0.3) is 27.8 Å². The van der Waals surface area contributed by atoms with Gasteiger partial charge in [-0.2, -0.15) is 0 Å². The predicted octanol–water partition coefficient (Wildman–Crippen LogP) is 4.19. The van der Waals surface area contributed by atoms with E-state index in [-0.39, 0.29) is 0 Å². The third-order valence-electron chi connectivity index (χ3n) is 3.75. The van der Waals surface area contributed by atoms with E-state index in [0.29, 0.717) is 0 Å². The minimum Gasteiger partial charge on any atom is -0.278 e. The van der Waals surface area contributed by atoms with Crippen LogP contribution in [0.2, 0.25) is 0 Å². The molecule has 2 heterocycles. The Bertz CT molecular complexity index is 893. The third kappa shape index (κ3) is 1.82. The number of para-hydroxylation sites is 2. The summed E-state index contributed by atoms with van der Waals surface area (Å²) in [5.41, 5.74) is 4.26. The molecule has 4 rings (SSSR count). The molecule has 0 fully saturated rings. The zero-order valence-corrected chi connectivity index (χ0v) is 12.0. The maximum absolute atomic E-state index is 4.63. The van der Waals surface area contributed by atoms with Gasteiger partial charge in [0.25, 0.3) is 0 Å². The van der Waals surface area contributed by atoms with Crippen molar-refractivity contribution in [1.82, 2.24) is 14.5 Å². The number of hydrogen-bond donors (Lipinski definition) is 0. The molecule has 2 aromatic carbocycles. The van der Waals surface area contributed by atoms with Crippen molar-refractivity contribution in [3.8, 4) is 5.95 Å². The minimum atomic E-state index is 0.741. The van der Waals surface area contributed by atoms with Gasteiger partial charge in [0.05, 0.1) is 11.0 Å². The molecule has 0 aliphatic carbocycles. The number of aromatic nitrogens is 3. The summed E-state index contributed by atoms with van der Waals surface area (Å²) in [5.74, 6) is 0.741. The quantitative estimate of drug-likeness (QED) is 0.520. The molecule has 0 spiro atoms. The lowest BCUT2D eigenvalue weighted by atomic mass is 10.2. The molecule has 3 nitrogen and oxygen atoms in total. The number of hydrogen-bond acceptors (Lipinski definition) is 2. The molecule has 0 bridgehead atoms. The van der Waals surface area contributed by atoms with Crippen molar-refractivity contribution in [2.75, 3.05) is 0 Å². The average molecular weight is 273 g/mol. The zero-order chi connectivity index (χ0) is 14.4. The van der Waals surface area contributed by atoms with Crippen LogP contribution in [0, 0.1) is 13.8 Å². The van der Waals surface area contributed by atoms with E-state index in [1.807, 2.05) is 19.9 Å². The Labute approximate surface area is 122 Å². The molecule has 4 aromatic rings. The highest BCUT2D eigenvalue weighted by atomic mass is 15.2. The highest BCUT2D eigenvalue weighted by Crippen LogP contribution is 2.30. The number of nitrogens with zero attached hydrogens (tertiary/aromatic N) is 3. The van der Waals surface area contributed by atoms with Gasteiger partial charge in [0.15, 0.2) is 0 Å². The summed E-state index contributed by atoms with van der Waals surface area (Å²) in [4.78, 5) is 9.26. The second-order valence-electron chi connectivity index (χ2n) is 5.32. The summed E-state index contributed by atoms with van der Waals surface area (Å²) >= 11 is 0. The maximum atomic E-state index is 4.63. The Morgan fingerprint density at radius 2 is 1.19 bits per heavy atom. The molecule has 102 valence electrons. The molecule has 0 saturated heterocycles. The van der Waals surface area contributed by atoms with E-state index in [4.69, 9.17) is 0 Å². The van der Waals surface area contributed by atoms with Gasteiger partial charge in [0.1, 0.15) is 0 Å². The second-order valence-corrected chi connectivity index (χ2v) is 5.32. The van der Waals surface area contributed by atoms with E-state index < -0.39 is 0 Å². The molecule has 0 atom stereocenters. The first kappa shape index (κ1) is 12.1. The lowest BCUT2D eigenvalue weighted by Gasteiger charge is -2.07. The van der Waals surface area contributed by atoms with E-state index in [2.05, 4.69) is 63.1 Å².